The molecule has 0 spiro atoms. The first kappa shape index (κ1) is 25.0. The number of hydrogen-bond acceptors (Lipinski definition) is 5. The third-order valence-electron chi connectivity index (χ3n) is 6.98. The fourth-order valence-electron chi connectivity index (χ4n) is 4.96. The van der Waals surface area contributed by atoms with E-state index in [0.717, 1.165) is 31.2 Å². The molecule has 1 saturated heterocycles. The summed E-state index contributed by atoms with van der Waals surface area (Å²) in [4.78, 5) is 45.5. The molecule has 1 aromatic heterocycles. The Morgan fingerprint density at radius 1 is 1.09 bits per heavy atom. The minimum Gasteiger partial charge on any atom is -0.351 e. The third-order valence-corrected chi connectivity index (χ3v) is 6.98. The van der Waals surface area contributed by atoms with Gasteiger partial charge in [-0.25, -0.2) is 0 Å². The van der Waals surface area contributed by atoms with Crippen molar-refractivity contribution in [1.82, 2.24) is 15.6 Å². The summed E-state index contributed by atoms with van der Waals surface area (Å²) in [7, 11) is 0. The Kier molecular flexibility index (Phi) is 7.65. The van der Waals surface area contributed by atoms with Crippen LogP contribution < -0.4 is 15.5 Å². The van der Waals surface area contributed by atoms with Gasteiger partial charge in [0.2, 0.25) is 11.8 Å². The number of nitrogens with one attached hydrogen (secondary N) is 2. The van der Waals surface area contributed by atoms with E-state index in [0.29, 0.717) is 11.3 Å². The molecule has 1 saturated carbocycles. The Labute approximate surface area is 207 Å². The fourth-order valence-corrected chi connectivity index (χ4v) is 4.96. The van der Waals surface area contributed by atoms with Crippen molar-refractivity contribution in [3.63, 3.8) is 0 Å². The summed E-state index contributed by atoms with van der Waals surface area (Å²) < 4.78 is 0. The van der Waals surface area contributed by atoms with Crippen molar-refractivity contribution in [2.45, 2.75) is 82.8 Å². The predicted molar refractivity (Wildman–Crippen MR) is 136 cm³/mol. The molecule has 1 aliphatic carbocycles. The van der Waals surface area contributed by atoms with Crippen molar-refractivity contribution >= 4 is 23.3 Å². The van der Waals surface area contributed by atoms with Crippen LogP contribution in [0.1, 0.15) is 76.5 Å². The van der Waals surface area contributed by atoms with Gasteiger partial charge in [0.05, 0.1) is 12.6 Å². The van der Waals surface area contributed by atoms with E-state index >= 15 is 0 Å². The van der Waals surface area contributed by atoms with Gasteiger partial charge in [-0.05, 0) is 42.0 Å². The maximum absolute atomic E-state index is 13.9. The predicted octanol–water partition coefficient (Wildman–Crippen LogP) is 3.83. The van der Waals surface area contributed by atoms with Crippen molar-refractivity contribution in [3.05, 3.63) is 59.9 Å². The molecular formula is C28H36N4O3. The van der Waals surface area contributed by atoms with E-state index in [4.69, 9.17) is 0 Å². The molecular weight excluding hydrogens is 440 g/mol. The molecule has 1 unspecified atom stereocenters. The molecule has 2 fully saturated rings. The smallest absolute Gasteiger partial charge is 0.248 e. The van der Waals surface area contributed by atoms with E-state index in [-0.39, 0.29) is 42.0 Å². The van der Waals surface area contributed by atoms with Crippen LogP contribution in [0.2, 0.25) is 0 Å². The lowest BCUT2D eigenvalue weighted by Gasteiger charge is -2.35. The molecule has 4 rings (SSSR count). The van der Waals surface area contributed by atoms with Gasteiger partial charge in [0.15, 0.2) is 0 Å². The van der Waals surface area contributed by atoms with Gasteiger partial charge in [0.25, 0.3) is 0 Å². The summed E-state index contributed by atoms with van der Waals surface area (Å²) in [5, 5.41) is 6.24. The van der Waals surface area contributed by atoms with E-state index in [2.05, 4.69) is 36.4 Å². The van der Waals surface area contributed by atoms with Gasteiger partial charge in [-0.3, -0.25) is 29.6 Å². The van der Waals surface area contributed by atoms with Crippen molar-refractivity contribution in [3.8, 4) is 0 Å². The van der Waals surface area contributed by atoms with Crippen LogP contribution in [0.3, 0.4) is 0 Å². The van der Waals surface area contributed by atoms with E-state index in [1.807, 2.05) is 30.3 Å². The van der Waals surface area contributed by atoms with Crippen molar-refractivity contribution < 1.29 is 14.4 Å². The van der Waals surface area contributed by atoms with Crippen LogP contribution in [0.4, 0.5) is 5.69 Å². The van der Waals surface area contributed by atoms with Crippen LogP contribution >= 0.6 is 0 Å². The Hall–Kier alpha value is -3.06. The summed E-state index contributed by atoms with van der Waals surface area (Å²) in [5.74, 6) is -0.509. The van der Waals surface area contributed by atoms with Gasteiger partial charge in [0.1, 0.15) is 11.8 Å². The highest BCUT2D eigenvalue weighted by Crippen LogP contribution is 2.32. The lowest BCUT2D eigenvalue weighted by Crippen LogP contribution is -2.51. The zero-order valence-corrected chi connectivity index (χ0v) is 20.9. The van der Waals surface area contributed by atoms with E-state index in [1.165, 1.54) is 6.42 Å². The first-order valence-electron chi connectivity index (χ1n) is 12.6. The largest absolute Gasteiger partial charge is 0.351 e. The van der Waals surface area contributed by atoms with Crippen molar-refractivity contribution in [2.75, 3.05) is 11.4 Å². The monoisotopic (exact) mass is 476 g/mol. The number of pyridine rings is 1. The molecule has 2 heterocycles. The molecule has 186 valence electrons. The maximum Gasteiger partial charge on any atom is 0.248 e. The zero-order chi connectivity index (χ0) is 25.0. The highest BCUT2D eigenvalue weighted by molar-refractivity contribution is 6.06. The average Bonchev–Trinajstić information content (AvgIpc) is 3.29. The molecule has 2 N–H and O–H groups in total. The van der Waals surface area contributed by atoms with Crippen LogP contribution in [-0.2, 0) is 19.8 Å². The maximum atomic E-state index is 13.9. The number of carbonyl (C=O) groups is 3. The molecule has 2 aromatic rings. The summed E-state index contributed by atoms with van der Waals surface area (Å²) >= 11 is 0. The van der Waals surface area contributed by atoms with Crippen molar-refractivity contribution in [1.29, 1.82) is 0 Å². The normalized spacial score (nSPS) is 19.9. The highest BCUT2D eigenvalue weighted by atomic mass is 16.2. The standard InChI is InChI=1S/C28H36N4O3/c1-28(2,3)20-11-13-22(14-12-20)32(27(35)24-16-23(33)18-30-24)25(19-8-7-15-29-17-19)26(34)31-21-9-5-4-6-10-21/h7-8,11-15,17,21,24-25,30H,4-6,9-10,16,18H2,1-3H3,(H,31,34)/t24-,25?/m1/s1. The molecule has 2 aliphatic rings. The first-order valence-corrected chi connectivity index (χ1v) is 12.6. The second kappa shape index (κ2) is 10.7. The van der Waals surface area contributed by atoms with Crippen LogP contribution in [0.15, 0.2) is 48.8 Å². The van der Waals surface area contributed by atoms with Gasteiger partial charge >= 0.3 is 0 Å². The summed E-state index contributed by atoms with van der Waals surface area (Å²) in [5.41, 5.74) is 2.34. The minimum absolute atomic E-state index is 0.00374. The number of nitrogens with zero attached hydrogens (tertiary/aromatic N) is 2. The third kappa shape index (κ3) is 5.96. The number of anilines is 1. The van der Waals surface area contributed by atoms with E-state index < -0.39 is 12.1 Å². The van der Waals surface area contributed by atoms with Gasteiger partial charge in [-0.1, -0.05) is 58.2 Å². The van der Waals surface area contributed by atoms with E-state index in [1.54, 1.807) is 23.4 Å². The highest BCUT2D eigenvalue weighted by Gasteiger charge is 2.39. The van der Waals surface area contributed by atoms with Crippen LogP contribution in [0.25, 0.3) is 0 Å². The number of amides is 2. The SMILES string of the molecule is CC(C)(C)c1ccc(N(C(=O)[C@H]2CC(=O)CN2)C(C(=O)NC2CCCCC2)c2cccnc2)cc1. The molecule has 1 aromatic carbocycles. The van der Waals surface area contributed by atoms with Gasteiger partial charge in [-0.2, -0.15) is 0 Å². The number of aromatic nitrogens is 1. The number of benzene rings is 1. The molecule has 2 amide bonds. The van der Waals surface area contributed by atoms with Crippen LogP contribution in [0.5, 0.6) is 0 Å². The summed E-state index contributed by atoms with van der Waals surface area (Å²) in [6, 6.07) is 9.95. The Balaban J connectivity index is 1.75. The van der Waals surface area contributed by atoms with Gasteiger partial charge in [0, 0.05) is 36.1 Å². The van der Waals surface area contributed by atoms with Gasteiger partial charge in [-0.15, -0.1) is 0 Å². The molecule has 35 heavy (non-hydrogen) atoms. The topological polar surface area (TPSA) is 91.4 Å². The molecule has 1 aliphatic heterocycles. The molecule has 2 atom stereocenters. The Morgan fingerprint density at radius 3 is 2.37 bits per heavy atom. The number of carbonyl (C=O) groups excluding carboxylic acids is 3. The Morgan fingerprint density at radius 2 is 1.80 bits per heavy atom. The quantitative estimate of drug-likeness (QED) is 0.661. The second-order valence-electron chi connectivity index (χ2n) is 10.7. The lowest BCUT2D eigenvalue weighted by molar-refractivity contribution is -0.128. The Bertz CT molecular complexity index is 1040. The molecule has 7 heteroatoms. The lowest BCUT2D eigenvalue weighted by atomic mass is 9.87. The summed E-state index contributed by atoms with van der Waals surface area (Å²) in [6.45, 7) is 6.57. The number of hydrogen-bond donors (Lipinski definition) is 2. The molecule has 0 bridgehead atoms. The number of Topliss-reactive ketones (excluding diaryl/α,β-unsaturated/α-hetero) is 1. The molecule has 0 radical (unpaired) electrons. The van der Waals surface area contributed by atoms with E-state index in [9.17, 15) is 14.4 Å². The van der Waals surface area contributed by atoms with Crippen molar-refractivity contribution in [2.24, 2.45) is 0 Å². The minimum atomic E-state index is -0.892. The van der Waals surface area contributed by atoms with Gasteiger partial charge < -0.3 is 5.32 Å². The number of ketones is 1. The zero-order valence-electron chi connectivity index (χ0n) is 20.9. The van der Waals surface area contributed by atoms with Crippen LogP contribution in [0, 0.1) is 0 Å². The molecule has 7 nitrogen and oxygen atoms in total. The average molecular weight is 477 g/mol. The second-order valence-corrected chi connectivity index (χ2v) is 10.7. The summed E-state index contributed by atoms with van der Waals surface area (Å²) in [6.07, 6.45) is 8.67. The van der Waals surface area contributed by atoms with Crippen LogP contribution in [-0.4, -0.2) is 41.2 Å². The fraction of sp³-hybridized carbons (Fsp3) is 0.500. The number of rotatable bonds is 6. The first-order chi connectivity index (χ1) is 16.7.